The van der Waals surface area contributed by atoms with Crippen LogP contribution in [0.25, 0.3) is 10.2 Å². The summed E-state index contributed by atoms with van der Waals surface area (Å²) in [5.74, 6) is -0.568. The molecule has 4 aromatic rings. The molecule has 0 fully saturated rings. The van der Waals surface area contributed by atoms with E-state index in [0.717, 1.165) is 26.9 Å². The highest BCUT2D eigenvalue weighted by molar-refractivity contribution is 7.16. The van der Waals surface area contributed by atoms with E-state index in [9.17, 15) is 4.39 Å². The van der Waals surface area contributed by atoms with Gasteiger partial charge in [-0.3, -0.25) is 0 Å². The Bertz CT molecular complexity index is 935. The quantitative estimate of drug-likeness (QED) is 0.443. The van der Waals surface area contributed by atoms with E-state index in [1.807, 2.05) is 35.8 Å². The Morgan fingerprint density at radius 2 is 1.71 bits per heavy atom. The lowest BCUT2D eigenvalue weighted by atomic mass is 9.85. The summed E-state index contributed by atoms with van der Waals surface area (Å²) in [4.78, 5) is 8.35. The van der Waals surface area contributed by atoms with Crippen LogP contribution in [0, 0.1) is 5.95 Å². The van der Waals surface area contributed by atoms with Gasteiger partial charge in [-0.25, -0.2) is 9.97 Å². The van der Waals surface area contributed by atoms with Gasteiger partial charge in [0.25, 0.3) is 0 Å². The van der Waals surface area contributed by atoms with Crippen LogP contribution in [0.2, 0.25) is 5.02 Å². The number of nitrogens with zero attached hydrogens (tertiary/aromatic N) is 2. The minimum absolute atomic E-state index is 0.0823. The van der Waals surface area contributed by atoms with Crippen molar-refractivity contribution in [2.24, 2.45) is 0 Å². The number of hydrogen-bond donors (Lipinski definition) is 0. The Morgan fingerprint density at radius 1 is 0.917 bits per heavy atom. The van der Waals surface area contributed by atoms with Gasteiger partial charge in [0, 0.05) is 17.1 Å². The maximum Gasteiger partial charge on any atom is 0.212 e. The molecule has 4 rings (SSSR count). The molecule has 2 aromatic heterocycles. The molecule has 1 unspecified atom stereocenters. The van der Waals surface area contributed by atoms with Crippen molar-refractivity contribution >= 4 is 33.2 Å². The lowest BCUT2D eigenvalue weighted by Gasteiger charge is -2.19. The Hall–Kier alpha value is -2.30. The van der Waals surface area contributed by atoms with Gasteiger partial charge in [-0.1, -0.05) is 41.9 Å². The summed E-state index contributed by atoms with van der Waals surface area (Å²) in [7, 11) is 0. The van der Waals surface area contributed by atoms with E-state index in [1.54, 1.807) is 23.6 Å². The zero-order chi connectivity index (χ0) is 16.5. The minimum atomic E-state index is -0.486. The lowest BCUT2D eigenvalue weighted by molar-refractivity contribution is 0.582. The number of benzene rings is 2. The van der Waals surface area contributed by atoms with Crippen molar-refractivity contribution < 1.29 is 4.39 Å². The van der Waals surface area contributed by atoms with E-state index in [4.69, 9.17) is 11.6 Å². The number of rotatable bonds is 3. The fourth-order valence-electron chi connectivity index (χ4n) is 2.91. The summed E-state index contributed by atoms with van der Waals surface area (Å²) >= 11 is 7.64. The molecule has 2 heterocycles. The maximum atomic E-state index is 13.3. The standard InChI is InChI=1S/C19H12ClFN2S/c20-14-7-4-12(5-8-14)18(13-6-9-17(21)22-10-13)15-2-1-3-16-19(15)23-11-24-16/h1-11,18H. The Balaban J connectivity index is 1.94. The van der Waals surface area contributed by atoms with Gasteiger partial charge in [0.1, 0.15) is 0 Å². The lowest BCUT2D eigenvalue weighted by Crippen LogP contribution is -2.05. The Labute approximate surface area is 147 Å². The fourth-order valence-corrected chi connectivity index (χ4v) is 3.74. The van der Waals surface area contributed by atoms with Crippen LogP contribution in [0.4, 0.5) is 4.39 Å². The highest BCUT2D eigenvalue weighted by Gasteiger charge is 2.20. The number of para-hydroxylation sites is 1. The van der Waals surface area contributed by atoms with Crippen molar-refractivity contribution in [3.63, 3.8) is 0 Å². The van der Waals surface area contributed by atoms with Gasteiger partial charge in [0.15, 0.2) is 0 Å². The van der Waals surface area contributed by atoms with Crippen molar-refractivity contribution in [1.29, 1.82) is 0 Å². The summed E-state index contributed by atoms with van der Waals surface area (Å²) in [6.07, 6.45) is 1.58. The molecule has 1 atom stereocenters. The number of hydrogen-bond acceptors (Lipinski definition) is 3. The average Bonchev–Trinajstić information content (AvgIpc) is 3.08. The van der Waals surface area contributed by atoms with Gasteiger partial charge in [0.2, 0.25) is 5.95 Å². The molecule has 2 nitrogen and oxygen atoms in total. The zero-order valence-electron chi connectivity index (χ0n) is 12.5. The van der Waals surface area contributed by atoms with E-state index in [-0.39, 0.29) is 5.92 Å². The second-order valence-electron chi connectivity index (χ2n) is 5.45. The van der Waals surface area contributed by atoms with E-state index >= 15 is 0 Å². The highest BCUT2D eigenvalue weighted by atomic mass is 35.5. The number of aromatic nitrogens is 2. The second kappa shape index (κ2) is 6.30. The summed E-state index contributed by atoms with van der Waals surface area (Å²) in [6.45, 7) is 0. The number of pyridine rings is 1. The van der Waals surface area contributed by atoms with Crippen LogP contribution in [-0.4, -0.2) is 9.97 Å². The smallest absolute Gasteiger partial charge is 0.212 e. The molecule has 0 spiro atoms. The third kappa shape index (κ3) is 2.79. The molecule has 0 aliphatic heterocycles. The SMILES string of the molecule is Fc1ccc(C(c2ccc(Cl)cc2)c2cccc3scnc23)cn1. The number of fused-ring (bicyclic) bond motifs is 1. The van der Waals surface area contributed by atoms with Crippen LogP contribution >= 0.6 is 22.9 Å². The second-order valence-corrected chi connectivity index (χ2v) is 6.77. The van der Waals surface area contributed by atoms with Crippen molar-refractivity contribution in [3.8, 4) is 0 Å². The fraction of sp³-hybridized carbons (Fsp3) is 0.0526. The molecular formula is C19H12ClFN2S. The van der Waals surface area contributed by atoms with Crippen molar-refractivity contribution in [2.45, 2.75) is 5.92 Å². The van der Waals surface area contributed by atoms with Crippen molar-refractivity contribution in [2.75, 3.05) is 0 Å². The van der Waals surface area contributed by atoms with Crippen LogP contribution in [0.3, 0.4) is 0 Å². The molecule has 24 heavy (non-hydrogen) atoms. The number of thiazole rings is 1. The minimum Gasteiger partial charge on any atom is -0.244 e. The third-order valence-corrected chi connectivity index (χ3v) is 5.04. The van der Waals surface area contributed by atoms with Gasteiger partial charge in [-0.15, -0.1) is 11.3 Å². The predicted octanol–water partition coefficient (Wildman–Crippen LogP) is 5.66. The molecule has 2 aromatic carbocycles. The van der Waals surface area contributed by atoms with E-state index < -0.39 is 5.95 Å². The molecule has 0 bridgehead atoms. The van der Waals surface area contributed by atoms with Gasteiger partial charge in [-0.05, 0) is 41.0 Å². The third-order valence-electron chi connectivity index (χ3n) is 3.99. The van der Waals surface area contributed by atoms with Crippen molar-refractivity contribution in [3.05, 3.63) is 94.0 Å². The normalized spacial score (nSPS) is 12.4. The molecule has 0 aliphatic rings. The number of halogens is 2. The molecule has 0 saturated carbocycles. The molecular weight excluding hydrogens is 343 g/mol. The first kappa shape index (κ1) is 15.2. The first-order chi connectivity index (χ1) is 11.7. The molecule has 0 aliphatic carbocycles. The summed E-state index contributed by atoms with van der Waals surface area (Å²) in [5.41, 5.74) is 5.86. The summed E-state index contributed by atoms with van der Waals surface area (Å²) in [5, 5.41) is 0.682. The summed E-state index contributed by atoms with van der Waals surface area (Å²) < 4.78 is 14.4. The van der Waals surface area contributed by atoms with Crippen LogP contribution in [0.5, 0.6) is 0 Å². The first-order valence-electron chi connectivity index (χ1n) is 7.41. The first-order valence-corrected chi connectivity index (χ1v) is 8.67. The average molecular weight is 355 g/mol. The molecule has 118 valence electrons. The van der Waals surface area contributed by atoms with Gasteiger partial charge < -0.3 is 0 Å². The Morgan fingerprint density at radius 3 is 2.46 bits per heavy atom. The maximum absolute atomic E-state index is 13.3. The predicted molar refractivity (Wildman–Crippen MR) is 96.2 cm³/mol. The zero-order valence-corrected chi connectivity index (χ0v) is 14.1. The van der Waals surface area contributed by atoms with Crippen LogP contribution in [-0.2, 0) is 0 Å². The molecule has 0 amide bonds. The van der Waals surface area contributed by atoms with Crippen LogP contribution in [0.15, 0.2) is 66.3 Å². The van der Waals surface area contributed by atoms with Gasteiger partial charge in [0.05, 0.1) is 15.7 Å². The van der Waals surface area contributed by atoms with Gasteiger partial charge >= 0.3 is 0 Å². The Kier molecular flexibility index (Phi) is 4.00. The van der Waals surface area contributed by atoms with Gasteiger partial charge in [-0.2, -0.15) is 4.39 Å². The molecule has 0 saturated heterocycles. The molecule has 0 radical (unpaired) electrons. The van der Waals surface area contributed by atoms with E-state index in [2.05, 4.69) is 22.1 Å². The monoisotopic (exact) mass is 354 g/mol. The molecule has 0 N–H and O–H groups in total. The van der Waals surface area contributed by atoms with E-state index in [0.29, 0.717) is 5.02 Å². The highest BCUT2D eigenvalue weighted by Crippen LogP contribution is 2.36. The summed E-state index contributed by atoms with van der Waals surface area (Å²) in [6, 6.07) is 17.0. The topological polar surface area (TPSA) is 25.8 Å². The largest absolute Gasteiger partial charge is 0.244 e. The molecule has 5 heteroatoms. The van der Waals surface area contributed by atoms with E-state index in [1.165, 1.54) is 6.07 Å². The van der Waals surface area contributed by atoms with Crippen LogP contribution < -0.4 is 0 Å². The van der Waals surface area contributed by atoms with Crippen molar-refractivity contribution in [1.82, 2.24) is 9.97 Å². The van der Waals surface area contributed by atoms with Crippen LogP contribution in [0.1, 0.15) is 22.6 Å².